The van der Waals surface area contributed by atoms with Crippen molar-refractivity contribution in [2.45, 2.75) is 31.9 Å². The zero-order chi connectivity index (χ0) is 7.11. The van der Waals surface area contributed by atoms with Gasteiger partial charge in [-0.15, -0.1) is 12.3 Å². The van der Waals surface area contributed by atoms with E-state index in [1.54, 1.807) is 0 Å². The maximum absolute atomic E-state index is 5.11. The highest BCUT2D eigenvalue weighted by molar-refractivity contribution is 7.99. The first kappa shape index (κ1) is 8.91. The van der Waals surface area contributed by atoms with E-state index in [0.29, 0.717) is 0 Å². The molecular weight excluding hydrogens is 128 g/mol. The van der Waals surface area contributed by atoms with Gasteiger partial charge in [0, 0.05) is 11.7 Å². The Morgan fingerprint density at radius 2 is 2.33 bits per heavy atom. The fourth-order valence-corrected chi connectivity index (χ4v) is 1.51. The van der Waals surface area contributed by atoms with Gasteiger partial charge in [0.05, 0.1) is 0 Å². The van der Waals surface area contributed by atoms with Crippen LogP contribution in [0.25, 0.3) is 0 Å². The van der Waals surface area contributed by atoms with E-state index in [1.807, 2.05) is 11.8 Å². The van der Waals surface area contributed by atoms with Gasteiger partial charge in [-0.3, -0.25) is 0 Å². The van der Waals surface area contributed by atoms with Crippen molar-refractivity contribution < 1.29 is 0 Å². The van der Waals surface area contributed by atoms with Crippen molar-refractivity contribution in [3.05, 3.63) is 0 Å². The Hall–Kier alpha value is -0.0900. The monoisotopic (exact) mass is 142 g/mol. The van der Waals surface area contributed by atoms with Crippen LogP contribution in [0.1, 0.15) is 26.7 Å². The Balaban J connectivity index is 3.07. The maximum Gasteiger partial charge on any atom is 0.00964 e. The van der Waals surface area contributed by atoms with E-state index in [1.165, 1.54) is 5.75 Å². The van der Waals surface area contributed by atoms with Gasteiger partial charge in [0.25, 0.3) is 0 Å². The van der Waals surface area contributed by atoms with Gasteiger partial charge in [0.15, 0.2) is 0 Å². The summed E-state index contributed by atoms with van der Waals surface area (Å²) in [6.07, 6.45) is 7.20. The molecule has 1 atom stereocenters. The molecule has 0 amide bonds. The van der Waals surface area contributed by atoms with Crippen LogP contribution in [0.3, 0.4) is 0 Å². The Morgan fingerprint density at radius 3 is 2.78 bits per heavy atom. The van der Waals surface area contributed by atoms with Crippen molar-refractivity contribution in [1.82, 2.24) is 0 Å². The molecule has 0 aromatic rings. The Labute approximate surface area is 62.4 Å². The predicted molar refractivity (Wildman–Crippen MR) is 45.7 cm³/mol. The molecule has 0 rings (SSSR count). The highest BCUT2D eigenvalue weighted by Crippen LogP contribution is 2.13. The van der Waals surface area contributed by atoms with Crippen molar-refractivity contribution in [1.29, 1.82) is 0 Å². The zero-order valence-corrected chi connectivity index (χ0v) is 7.00. The molecule has 0 aliphatic heterocycles. The molecule has 0 saturated carbocycles. The molecule has 1 heteroatoms. The van der Waals surface area contributed by atoms with Crippen LogP contribution in [-0.4, -0.2) is 11.0 Å². The van der Waals surface area contributed by atoms with Crippen molar-refractivity contribution in [2.75, 3.05) is 5.75 Å². The minimum absolute atomic E-state index is 0.742. The molecule has 1 unspecified atom stereocenters. The molecule has 0 radical (unpaired) electrons. The first-order chi connectivity index (χ1) is 4.31. The van der Waals surface area contributed by atoms with Crippen molar-refractivity contribution in [3.63, 3.8) is 0 Å². The van der Waals surface area contributed by atoms with Gasteiger partial charge in [-0.2, -0.15) is 11.8 Å². The fraction of sp³-hybridized carbons (Fsp3) is 0.750. The molecule has 0 aromatic heterocycles. The van der Waals surface area contributed by atoms with E-state index in [2.05, 4.69) is 19.8 Å². The number of terminal acetylenes is 1. The Kier molecular flexibility index (Phi) is 5.98. The fourth-order valence-electron chi connectivity index (χ4n) is 0.654. The van der Waals surface area contributed by atoms with Crippen LogP contribution < -0.4 is 0 Å². The highest BCUT2D eigenvalue weighted by atomic mass is 32.2. The molecule has 0 bridgehead atoms. The standard InChI is InChI=1S/C8H14S/c1-4-6-7-8(3)9-5-2/h1,8H,5-7H2,2-3H3. The normalized spacial score (nSPS) is 12.6. The third-order valence-corrected chi connectivity index (χ3v) is 2.28. The molecule has 0 heterocycles. The summed E-state index contributed by atoms with van der Waals surface area (Å²) < 4.78 is 0. The summed E-state index contributed by atoms with van der Waals surface area (Å²) in [5.41, 5.74) is 0. The molecule has 0 nitrogen and oxygen atoms in total. The van der Waals surface area contributed by atoms with Gasteiger partial charge in [-0.05, 0) is 12.2 Å². The molecule has 0 aliphatic rings. The lowest BCUT2D eigenvalue weighted by Crippen LogP contribution is -1.94. The lowest BCUT2D eigenvalue weighted by Gasteiger charge is -2.05. The lowest BCUT2D eigenvalue weighted by molar-refractivity contribution is 0.847. The SMILES string of the molecule is C#CCCC(C)SCC. The van der Waals surface area contributed by atoms with Crippen LogP contribution in [0, 0.1) is 12.3 Å². The number of thioether (sulfide) groups is 1. The van der Waals surface area contributed by atoms with Crippen LogP contribution in [0.2, 0.25) is 0 Å². The maximum atomic E-state index is 5.11. The summed E-state index contributed by atoms with van der Waals surface area (Å²) >= 11 is 1.98. The van der Waals surface area contributed by atoms with Crippen molar-refractivity contribution in [3.8, 4) is 12.3 Å². The van der Waals surface area contributed by atoms with Crippen molar-refractivity contribution in [2.24, 2.45) is 0 Å². The number of hydrogen-bond donors (Lipinski definition) is 0. The first-order valence-electron chi connectivity index (χ1n) is 3.36. The van der Waals surface area contributed by atoms with Crippen LogP contribution in [-0.2, 0) is 0 Å². The minimum atomic E-state index is 0.742. The molecule has 52 valence electrons. The van der Waals surface area contributed by atoms with E-state index in [0.717, 1.165) is 18.1 Å². The molecular formula is C8H14S. The van der Waals surface area contributed by atoms with Crippen molar-refractivity contribution >= 4 is 11.8 Å². The average Bonchev–Trinajstić information content (AvgIpc) is 1.85. The van der Waals surface area contributed by atoms with Gasteiger partial charge in [0.1, 0.15) is 0 Å². The van der Waals surface area contributed by atoms with E-state index >= 15 is 0 Å². The zero-order valence-electron chi connectivity index (χ0n) is 6.18. The van der Waals surface area contributed by atoms with Gasteiger partial charge < -0.3 is 0 Å². The van der Waals surface area contributed by atoms with E-state index < -0.39 is 0 Å². The summed E-state index contributed by atoms with van der Waals surface area (Å²) in [6.45, 7) is 4.41. The molecule has 9 heavy (non-hydrogen) atoms. The summed E-state index contributed by atoms with van der Waals surface area (Å²) in [5, 5.41) is 0.742. The smallest absolute Gasteiger partial charge is 0.00964 e. The summed E-state index contributed by atoms with van der Waals surface area (Å²) in [5.74, 6) is 3.84. The van der Waals surface area contributed by atoms with E-state index in [4.69, 9.17) is 6.42 Å². The topological polar surface area (TPSA) is 0 Å². The second kappa shape index (κ2) is 6.04. The summed E-state index contributed by atoms with van der Waals surface area (Å²) in [4.78, 5) is 0. The Bertz CT molecular complexity index is 91.2. The van der Waals surface area contributed by atoms with E-state index in [9.17, 15) is 0 Å². The molecule has 0 spiro atoms. The van der Waals surface area contributed by atoms with Gasteiger partial charge in [0.2, 0.25) is 0 Å². The third-order valence-electron chi connectivity index (χ3n) is 1.15. The second-order valence-corrected chi connectivity index (χ2v) is 3.72. The average molecular weight is 142 g/mol. The molecule has 0 saturated heterocycles. The van der Waals surface area contributed by atoms with E-state index in [-0.39, 0.29) is 0 Å². The lowest BCUT2D eigenvalue weighted by atomic mass is 10.3. The van der Waals surface area contributed by atoms with Gasteiger partial charge in [-0.1, -0.05) is 13.8 Å². The van der Waals surface area contributed by atoms with Crippen LogP contribution >= 0.6 is 11.8 Å². The van der Waals surface area contributed by atoms with Gasteiger partial charge in [-0.25, -0.2) is 0 Å². The first-order valence-corrected chi connectivity index (χ1v) is 4.41. The molecule has 0 fully saturated rings. The van der Waals surface area contributed by atoms with Crippen LogP contribution in [0.15, 0.2) is 0 Å². The molecule has 0 aliphatic carbocycles. The second-order valence-electron chi connectivity index (χ2n) is 2.01. The molecule has 0 N–H and O–H groups in total. The van der Waals surface area contributed by atoms with Gasteiger partial charge >= 0.3 is 0 Å². The Morgan fingerprint density at radius 1 is 1.67 bits per heavy atom. The number of hydrogen-bond acceptors (Lipinski definition) is 1. The van der Waals surface area contributed by atoms with Crippen LogP contribution in [0.4, 0.5) is 0 Å². The molecule has 0 aromatic carbocycles. The third kappa shape index (κ3) is 5.79. The summed E-state index contributed by atoms with van der Waals surface area (Å²) in [6, 6.07) is 0. The minimum Gasteiger partial charge on any atom is -0.159 e. The highest BCUT2D eigenvalue weighted by Gasteiger charge is 1.97. The number of rotatable bonds is 4. The summed E-state index contributed by atoms with van der Waals surface area (Å²) in [7, 11) is 0. The largest absolute Gasteiger partial charge is 0.159 e. The predicted octanol–water partition coefficient (Wildman–Crippen LogP) is 2.54. The van der Waals surface area contributed by atoms with Crippen LogP contribution in [0.5, 0.6) is 0 Å². The quantitative estimate of drug-likeness (QED) is 0.544.